The van der Waals surface area contributed by atoms with Crippen molar-refractivity contribution in [2.75, 3.05) is 5.75 Å². The highest BCUT2D eigenvalue weighted by Gasteiger charge is 2.24. The number of aromatic nitrogens is 3. The van der Waals surface area contributed by atoms with Gasteiger partial charge in [-0.2, -0.15) is 16.9 Å². The molecule has 0 aromatic carbocycles. The first-order chi connectivity index (χ1) is 8.66. The van der Waals surface area contributed by atoms with Crippen molar-refractivity contribution in [3.8, 4) is 0 Å². The maximum Gasteiger partial charge on any atom is 0.138 e. The summed E-state index contributed by atoms with van der Waals surface area (Å²) >= 11 is 1.91. The Hall–Kier alpha value is -0.550. The molecule has 1 aromatic heterocycles. The highest BCUT2D eigenvalue weighted by Crippen LogP contribution is 2.28. The van der Waals surface area contributed by atoms with E-state index in [2.05, 4.69) is 23.9 Å². The molecule has 0 bridgehead atoms. The minimum atomic E-state index is -0.287. The van der Waals surface area contributed by atoms with Gasteiger partial charge in [-0.1, -0.05) is 20.3 Å². The second-order valence-corrected chi connectivity index (χ2v) is 6.78. The van der Waals surface area contributed by atoms with Crippen LogP contribution in [-0.2, 0) is 13.0 Å². The van der Waals surface area contributed by atoms with E-state index in [9.17, 15) is 5.11 Å². The fraction of sp³-hybridized carbons (Fsp3) is 0.846. The first-order valence-electron chi connectivity index (χ1n) is 6.83. The lowest BCUT2D eigenvalue weighted by Gasteiger charge is -2.26. The summed E-state index contributed by atoms with van der Waals surface area (Å²) in [6.45, 7) is 5.21. The second kappa shape index (κ2) is 6.57. The van der Waals surface area contributed by atoms with Crippen LogP contribution in [-0.4, -0.2) is 37.0 Å². The van der Waals surface area contributed by atoms with E-state index in [1.165, 1.54) is 18.6 Å². The Balaban J connectivity index is 1.93. The van der Waals surface area contributed by atoms with Crippen LogP contribution in [0.2, 0.25) is 0 Å². The zero-order valence-electron chi connectivity index (χ0n) is 11.2. The lowest BCUT2D eigenvalue weighted by atomic mass is 10.1. The predicted octanol–water partition coefficient (Wildman–Crippen LogP) is 2.12. The molecule has 1 saturated heterocycles. The maximum absolute atomic E-state index is 10.3. The predicted molar refractivity (Wildman–Crippen MR) is 74.7 cm³/mol. The van der Waals surface area contributed by atoms with Crippen LogP contribution in [0.1, 0.15) is 38.9 Å². The van der Waals surface area contributed by atoms with Crippen molar-refractivity contribution >= 4 is 11.8 Å². The summed E-state index contributed by atoms with van der Waals surface area (Å²) in [7, 11) is 0. The molecule has 1 aliphatic rings. The smallest absolute Gasteiger partial charge is 0.138 e. The van der Waals surface area contributed by atoms with Gasteiger partial charge in [0.2, 0.25) is 0 Å². The summed E-state index contributed by atoms with van der Waals surface area (Å²) in [6, 6.07) is 0. The quantitative estimate of drug-likeness (QED) is 0.889. The van der Waals surface area contributed by atoms with E-state index in [1.54, 1.807) is 6.33 Å². The molecular weight excluding hydrogens is 246 g/mol. The number of hydrogen-bond acceptors (Lipinski definition) is 4. The fourth-order valence-electron chi connectivity index (χ4n) is 2.33. The van der Waals surface area contributed by atoms with Gasteiger partial charge in [0.1, 0.15) is 12.2 Å². The molecule has 0 spiro atoms. The minimum absolute atomic E-state index is 0.287. The molecule has 1 N–H and O–H groups in total. The Morgan fingerprint density at radius 1 is 1.50 bits per heavy atom. The molecule has 0 aliphatic carbocycles. The van der Waals surface area contributed by atoms with Gasteiger partial charge < -0.3 is 5.11 Å². The third-order valence-electron chi connectivity index (χ3n) is 3.27. The molecule has 0 radical (unpaired) electrons. The first kappa shape index (κ1) is 13.9. The third kappa shape index (κ3) is 3.72. The maximum atomic E-state index is 10.3. The molecule has 2 unspecified atom stereocenters. The van der Waals surface area contributed by atoms with Crippen LogP contribution in [0.15, 0.2) is 6.33 Å². The number of thioether (sulfide) groups is 1. The molecule has 2 heterocycles. The van der Waals surface area contributed by atoms with Crippen molar-refractivity contribution in [2.45, 2.75) is 57.4 Å². The van der Waals surface area contributed by atoms with Crippen LogP contribution < -0.4 is 0 Å². The monoisotopic (exact) mass is 269 g/mol. The fourth-order valence-corrected chi connectivity index (χ4v) is 3.66. The van der Waals surface area contributed by atoms with Crippen molar-refractivity contribution < 1.29 is 5.11 Å². The van der Waals surface area contributed by atoms with Crippen LogP contribution in [0.4, 0.5) is 0 Å². The number of rotatable bonds is 5. The van der Waals surface area contributed by atoms with Gasteiger partial charge in [-0.3, -0.25) is 0 Å². The molecule has 0 saturated carbocycles. The van der Waals surface area contributed by atoms with E-state index in [-0.39, 0.29) is 6.10 Å². The van der Waals surface area contributed by atoms with E-state index >= 15 is 0 Å². The van der Waals surface area contributed by atoms with Crippen molar-refractivity contribution in [1.82, 2.24) is 14.8 Å². The van der Waals surface area contributed by atoms with Crippen molar-refractivity contribution in [2.24, 2.45) is 5.92 Å². The summed E-state index contributed by atoms with van der Waals surface area (Å²) in [6.07, 6.45) is 5.60. The highest BCUT2D eigenvalue weighted by molar-refractivity contribution is 8.00. The van der Waals surface area contributed by atoms with E-state index in [4.69, 9.17) is 0 Å². The van der Waals surface area contributed by atoms with Crippen LogP contribution in [0.5, 0.6) is 0 Å². The van der Waals surface area contributed by atoms with E-state index in [0.29, 0.717) is 17.6 Å². The average molecular weight is 269 g/mol. The second-order valence-electron chi connectivity index (χ2n) is 5.43. The zero-order chi connectivity index (χ0) is 13.0. The molecule has 1 aliphatic heterocycles. The van der Waals surface area contributed by atoms with Gasteiger partial charge >= 0.3 is 0 Å². The van der Waals surface area contributed by atoms with E-state index < -0.39 is 0 Å². The van der Waals surface area contributed by atoms with Gasteiger partial charge in [-0.05, 0) is 24.5 Å². The molecule has 1 fully saturated rings. The summed E-state index contributed by atoms with van der Waals surface area (Å²) in [5.41, 5.74) is 0. The lowest BCUT2D eigenvalue weighted by molar-refractivity contribution is 0.161. The SMILES string of the molecule is CC(C)Cn1ncnc1CC(O)C1CCCCS1. The number of hydrogen-bond donors (Lipinski definition) is 1. The molecule has 18 heavy (non-hydrogen) atoms. The first-order valence-corrected chi connectivity index (χ1v) is 7.88. The van der Waals surface area contributed by atoms with E-state index in [0.717, 1.165) is 18.8 Å². The number of aliphatic hydroxyl groups excluding tert-OH is 1. The molecular formula is C13H23N3OS. The molecule has 102 valence electrons. The summed E-state index contributed by atoms with van der Waals surface area (Å²) in [4.78, 5) is 4.29. The Labute approximate surface area is 113 Å². The molecule has 1 aromatic rings. The summed E-state index contributed by atoms with van der Waals surface area (Å²) in [5.74, 6) is 2.65. The molecule has 0 amide bonds. The van der Waals surface area contributed by atoms with Crippen molar-refractivity contribution in [3.05, 3.63) is 12.2 Å². The Kier molecular flexibility index (Phi) is 5.06. The van der Waals surface area contributed by atoms with Gasteiger partial charge in [0.05, 0.1) is 6.10 Å². The zero-order valence-corrected chi connectivity index (χ0v) is 12.1. The third-order valence-corrected chi connectivity index (χ3v) is 4.77. The minimum Gasteiger partial charge on any atom is -0.392 e. The summed E-state index contributed by atoms with van der Waals surface area (Å²) < 4.78 is 1.93. The van der Waals surface area contributed by atoms with Gasteiger partial charge in [0.15, 0.2) is 0 Å². The molecule has 2 atom stereocenters. The number of aliphatic hydroxyl groups is 1. The van der Waals surface area contributed by atoms with Gasteiger partial charge in [-0.25, -0.2) is 9.67 Å². The Bertz CT molecular complexity index is 361. The largest absolute Gasteiger partial charge is 0.392 e. The van der Waals surface area contributed by atoms with Gasteiger partial charge in [0.25, 0.3) is 0 Å². The van der Waals surface area contributed by atoms with E-state index in [1.807, 2.05) is 16.4 Å². The van der Waals surface area contributed by atoms with Crippen molar-refractivity contribution in [3.63, 3.8) is 0 Å². The summed E-state index contributed by atoms with van der Waals surface area (Å²) in [5, 5.41) is 14.9. The molecule has 5 heteroatoms. The van der Waals surface area contributed by atoms with Crippen LogP contribution in [0, 0.1) is 5.92 Å². The average Bonchev–Trinajstić information content (AvgIpc) is 2.77. The highest BCUT2D eigenvalue weighted by atomic mass is 32.2. The van der Waals surface area contributed by atoms with Crippen LogP contribution in [0.3, 0.4) is 0 Å². The topological polar surface area (TPSA) is 50.9 Å². The van der Waals surface area contributed by atoms with Crippen LogP contribution in [0.25, 0.3) is 0 Å². The van der Waals surface area contributed by atoms with Gasteiger partial charge in [-0.15, -0.1) is 0 Å². The van der Waals surface area contributed by atoms with Crippen molar-refractivity contribution in [1.29, 1.82) is 0 Å². The van der Waals surface area contributed by atoms with Crippen LogP contribution >= 0.6 is 11.8 Å². The lowest BCUT2D eigenvalue weighted by Crippen LogP contribution is -2.29. The standard InChI is InChI=1S/C13H23N3OS/c1-10(2)8-16-13(14-9-15-16)7-11(17)12-5-3-4-6-18-12/h9-12,17H,3-8H2,1-2H3. The number of nitrogens with zero attached hydrogens (tertiary/aromatic N) is 3. The Morgan fingerprint density at radius 3 is 3.00 bits per heavy atom. The van der Waals surface area contributed by atoms with Gasteiger partial charge in [0, 0.05) is 18.2 Å². The Morgan fingerprint density at radius 2 is 2.33 bits per heavy atom. The molecule has 4 nitrogen and oxygen atoms in total. The molecule has 2 rings (SSSR count). The normalized spacial score (nSPS) is 22.3.